The van der Waals surface area contributed by atoms with Crippen molar-refractivity contribution in [3.05, 3.63) is 12.2 Å². The van der Waals surface area contributed by atoms with Crippen molar-refractivity contribution in [1.29, 1.82) is 0 Å². The second-order valence-electron chi connectivity index (χ2n) is 4.69. The zero-order chi connectivity index (χ0) is 11.4. The lowest BCUT2D eigenvalue weighted by Crippen LogP contribution is -2.38. The van der Waals surface area contributed by atoms with E-state index in [1.165, 1.54) is 0 Å². The van der Waals surface area contributed by atoms with Crippen LogP contribution in [0.4, 0.5) is 0 Å². The molecule has 0 bridgehead atoms. The van der Waals surface area contributed by atoms with Gasteiger partial charge in [0.05, 0.1) is 5.60 Å². The lowest BCUT2D eigenvalue weighted by molar-refractivity contribution is 0.0480. The van der Waals surface area contributed by atoms with Crippen LogP contribution in [-0.2, 0) is 13.5 Å². The van der Waals surface area contributed by atoms with Gasteiger partial charge in [0.2, 0.25) is 0 Å². The lowest BCUT2D eigenvalue weighted by atomic mass is 10.0. The van der Waals surface area contributed by atoms with Gasteiger partial charge >= 0.3 is 0 Å². The van der Waals surface area contributed by atoms with Crippen LogP contribution in [0.25, 0.3) is 0 Å². The Morgan fingerprint density at radius 1 is 1.50 bits per heavy atom. The Hall–Kier alpha value is -0.940. The SMILES string of the molecule is Cn1cnc(CCNCC2(O)CCCC2)n1. The molecule has 0 radical (unpaired) electrons. The van der Waals surface area contributed by atoms with Gasteiger partial charge < -0.3 is 10.4 Å². The maximum Gasteiger partial charge on any atom is 0.151 e. The van der Waals surface area contributed by atoms with Crippen molar-refractivity contribution in [3.8, 4) is 0 Å². The predicted molar refractivity (Wildman–Crippen MR) is 61.0 cm³/mol. The number of hydrogen-bond donors (Lipinski definition) is 2. The second kappa shape index (κ2) is 4.93. The number of nitrogens with one attached hydrogen (secondary N) is 1. The zero-order valence-electron chi connectivity index (χ0n) is 9.82. The van der Waals surface area contributed by atoms with E-state index in [1.54, 1.807) is 11.0 Å². The third kappa shape index (κ3) is 3.02. The van der Waals surface area contributed by atoms with Crippen molar-refractivity contribution in [3.63, 3.8) is 0 Å². The molecule has 0 aliphatic heterocycles. The highest BCUT2D eigenvalue weighted by molar-refractivity contribution is 4.87. The van der Waals surface area contributed by atoms with Gasteiger partial charge in [0.25, 0.3) is 0 Å². The molecule has 1 aromatic rings. The van der Waals surface area contributed by atoms with E-state index in [4.69, 9.17) is 0 Å². The van der Waals surface area contributed by atoms with Crippen LogP contribution in [-0.4, -0.2) is 38.6 Å². The Bertz CT molecular complexity index is 330. The van der Waals surface area contributed by atoms with Crippen LogP contribution in [0.3, 0.4) is 0 Å². The van der Waals surface area contributed by atoms with Gasteiger partial charge in [0, 0.05) is 26.6 Å². The highest BCUT2D eigenvalue weighted by Gasteiger charge is 2.30. The summed E-state index contributed by atoms with van der Waals surface area (Å²) < 4.78 is 1.71. The molecule has 0 spiro atoms. The molecule has 0 saturated heterocycles. The van der Waals surface area contributed by atoms with E-state index in [9.17, 15) is 5.11 Å². The van der Waals surface area contributed by atoms with Crippen molar-refractivity contribution in [1.82, 2.24) is 20.1 Å². The normalized spacial score (nSPS) is 19.1. The van der Waals surface area contributed by atoms with Gasteiger partial charge in [-0.15, -0.1) is 0 Å². The quantitative estimate of drug-likeness (QED) is 0.704. The maximum atomic E-state index is 10.1. The van der Waals surface area contributed by atoms with Crippen LogP contribution in [0.5, 0.6) is 0 Å². The standard InChI is InChI=1S/C11H20N4O/c1-15-9-13-10(14-15)4-7-12-8-11(16)5-2-3-6-11/h9,12,16H,2-8H2,1H3. The molecule has 1 aromatic heterocycles. The van der Waals surface area contributed by atoms with Gasteiger partial charge in [-0.3, -0.25) is 4.68 Å². The Labute approximate surface area is 95.9 Å². The average Bonchev–Trinajstić information content (AvgIpc) is 2.84. The first-order valence-electron chi connectivity index (χ1n) is 5.96. The summed E-state index contributed by atoms with van der Waals surface area (Å²) in [6.45, 7) is 1.52. The van der Waals surface area contributed by atoms with E-state index >= 15 is 0 Å². The van der Waals surface area contributed by atoms with Crippen LogP contribution in [0, 0.1) is 0 Å². The molecule has 1 fully saturated rings. The molecule has 2 N–H and O–H groups in total. The van der Waals surface area contributed by atoms with E-state index in [0.29, 0.717) is 6.54 Å². The summed E-state index contributed by atoms with van der Waals surface area (Å²) >= 11 is 0. The van der Waals surface area contributed by atoms with Crippen LogP contribution in [0.2, 0.25) is 0 Å². The zero-order valence-corrected chi connectivity index (χ0v) is 9.82. The van der Waals surface area contributed by atoms with Crippen molar-refractivity contribution >= 4 is 0 Å². The fourth-order valence-electron chi connectivity index (χ4n) is 2.23. The van der Waals surface area contributed by atoms with E-state index in [0.717, 1.165) is 44.5 Å². The maximum absolute atomic E-state index is 10.1. The van der Waals surface area contributed by atoms with E-state index in [-0.39, 0.29) is 0 Å². The molecule has 5 heteroatoms. The monoisotopic (exact) mass is 224 g/mol. The fourth-order valence-corrected chi connectivity index (χ4v) is 2.23. The molecule has 1 heterocycles. The first kappa shape index (κ1) is 11.5. The molecule has 1 saturated carbocycles. The number of aryl methyl sites for hydroxylation is 1. The lowest BCUT2D eigenvalue weighted by Gasteiger charge is -2.22. The number of aliphatic hydroxyl groups is 1. The summed E-state index contributed by atoms with van der Waals surface area (Å²) in [5.41, 5.74) is -0.461. The van der Waals surface area contributed by atoms with Crippen LogP contribution >= 0.6 is 0 Å². The minimum absolute atomic E-state index is 0.461. The van der Waals surface area contributed by atoms with Crippen LogP contribution in [0.1, 0.15) is 31.5 Å². The molecule has 0 unspecified atom stereocenters. The van der Waals surface area contributed by atoms with Gasteiger partial charge in [-0.2, -0.15) is 5.10 Å². The van der Waals surface area contributed by atoms with Gasteiger partial charge in [0.1, 0.15) is 6.33 Å². The fraction of sp³-hybridized carbons (Fsp3) is 0.818. The Balaban J connectivity index is 1.65. The van der Waals surface area contributed by atoms with Crippen LogP contribution in [0.15, 0.2) is 6.33 Å². The smallest absolute Gasteiger partial charge is 0.151 e. The minimum atomic E-state index is -0.461. The molecule has 0 aromatic carbocycles. The summed E-state index contributed by atoms with van der Waals surface area (Å²) in [5, 5.41) is 17.6. The molecule has 1 aliphatic rings. The van der Waals surface area contributed by atoms with Gasteiger partial charge in [-0.25, -0.2) is 4.98 Å². The second-order valence-corrected chi connectivity index (χ2v) is 4.69. The predicted octanol–water partition coefficient (Wildman–Crippen LogP) is 0.252. The van der Waals surface area contributed by atoms with Gasteiger partial charge in [0.15, 0.2) is 5.82 Å². The third-order valence-electron chi connectivity index (χ3n) is 3.16. The largest absolute Gasteiger partial charge is 0.389 e. The highest BCUT2D eigenvalue weighted by Crippen LogP contribution is 2.28. The molecule has 0 atom stereocenters. The van der Waals surface area contributed by atoms with E-state index < -0.39 is 5.60 Å². The summed E-state index contributed by atoms with van der Waals surface area (Å²) in [5.74, 6) is 0.855. The average molecular weight is 224 g/mol. The van der Waals surface area contributed by atoms with Crippen molar-refractivity contribution < 1.29 is 5.11 Å². The topological polar surface area (TPSA) is 63.0 Å². The van der Waals surface area contributed by atoms with E-state index in [1.807, 2.05) is 7.05 Å². The third-order valence-corrected chi connectivity index (χ3v) is 3.16. The molecular formula is C11H20N4O. The van der Waals surface area contributed by atoms with Gasteiger partial charge in [-0.1, -0.05) is 12.8 Å². The molecule has 2 rings (SSSR count). The molecule has 16 heavy (non-hydrogen) atoms. The Morgan fingerprint density at radius 2 is 2.25 bits per heavy atom. The van der Waals surface area contributed by atoms with Crippen molar-refractivity contribution in [2.45, 2.75) is 37.7 Å². The molecule has 5 nitrogen and oxygen atoms in total. The molecule has 90 valence electrons. The molecule has 1 aliphatic carbocycles. The van der Waals surface area contributed by atoms with Crippen LogP contribution < -0.4 is 5.32 Å². The number of hydrogen-bond acceptors (Lipinski definition) is 4. The van der Waals surface area contributed by atoms with Crippen molar-refractivity contribution in [2.75, 3.05) is 13.1 Å². The minimum Gasteiger partial charge on any atom is -0.389 e. The Kier molecular flexibility index (Phi) is 3.56. The van der Waals surface area contributed by atoms with Gasteiger partial charge in [-0.05, 0) is 12.8 Å². The summed E-state index contributed by atoms with van der Waals surface area (Å²) in [7, 11) is 1.87. The summed E-state index contributed by atoms with van der Waals surface area (Å²) in [4.78, 5) is 4.15. The highest BCUT2D eigenvalue weighted by atomic mass is 16.3. The number of rotatable bonds is 5. The number of aromatic nitrogens is 3. The summed E-state index contributed by atoms with van der Waals surface area (Å²) in [6.07, 6.45) is 6.69. The first-order valence-corrected chi connectivity index (χ1v) is 5.96. The van der Waals surface area contributed by atoms with Crippen molar-refractivity contribution in [2.24, 2.45) is 7.05 Å². The number of nitrogens with zero attached hydrogens (tertiary/aromatic N) is 3. The van der Waals surface area contributed by atoms with E-state index in [2.05, 4.69) is 15.4 Å². The molecule has 0 amide bonds. The Morgan fingerprint density at radius 3 is 2.88 bits per heavy atom. The first-order chi connectivity index (χ1) is 7.68. The molecular weight excluding hydrogens is 204 g/mol. The summed E-state index contributed by atoms with van der Waals surface area (Å²) in [6, 6.07) is 0.